The Morgan fingerprint density at radius 3 is 2.63 bits per heavy atom. The lowest BCUT2D eigenvalue weighted by molar-refractivity contribution is 0.0693. The highest BCUT2D eigenvalue weighted by molar-refractivity contribution is 6.29. The molecule has 1 aliphatic carbocycles. The highest BCUT2D eigenvalue weighted by Crippen LogP contribution is 2.36. The molecule has 0 aliphatic heterocycles. The molecule has 0 atom stereocenters. The summed E-state index contributed by atoms with van der Waals surface area (Å²) in [6.45, 7) is 4.51. The highest BCUT2D eigenvalue weighted by Gasteiger charge is 2.28. The summed E-state index contributed by atoms with van der Waals surface area (Å²) in [6.07, 6.45) is 4.22. The van der Waals surface area contributed by atoms with Crippen LogP contribution in [0.4, 0.5) is 0 Å². The van der Waals surface area contributed by atoms with Gasteiger partial charge in [0.1, 0.15) is 11.3 Å². The summed E-state index contributed by atoms with van der Waals surface area (Å²) >= 11 is 5.80. The second kappa shape index (κ2) is 5.37. The number of carboxylic acids is 1. The van der Waals surface area contributed by atoms with Gasteiger partial charge in [-0.15, -0.1) is 0 Å². The standard InChI is InChI=1S/C14H18ClNO3/c1-14(2)5-3-10(4-6-14)19-12-8-9(13(17)18)7-11(15)16-12/h7-8,10H,3-6H2,1-2H3,(H,17,18). The summed E-state index contributed by atoms with van der Waals surface area (Å²) in [5.74, 6) is -0.728. The minimum atomic E-state index is -1.03. The van der Waals surface area contributed by atoms with E-state index >= 15 is 0 Å². The van der Waals surface area contributed by atoms with Crippen LogP contribution in [0.25, 0.3) is 0 Å². The number of rotatable bonds is 3. The molecule has 1 aromatic rings. The van der Waals surface area contributed by atoms with Crippen molar-refractivity contribution in [2.45, 2.75) is 45.6 Å². The molecule has 104 valence electrons. The fourth-order valence-corrected chi connectivity index (χ4v) is 2.52. The molecule has 1 N–H and O–H groups in total. The molecule has 0 aromatic carbocycles. The number of aromatic carboxylic acids is 1. The van der Waals surface area contributed by atoms with E-state index in [1.807, 2.05) is 0 Å². The normalized spacial score (nSPS) is 19.1. The van der Waals surface area contributed by atoms with Gasteiger partial charge in [-0.1, -0.05) is 25.4 Å². The van der Waals surface area contributed by atoms with Crippen LogP contribution in [-0.4, -0.2) is 22.2 Å². The lowest BCUT2D eigenvalue weighted by Crippen LogP contribution is -2.28. The second-order valence-corrected chi connectivity index (χ2v) is 6.19. The number of hydrogen-bond acceptors (Lipinski definition) is 3. The molecular weight excluding hydrogens is 266 g/mol. The molecular formula is C14H18ClNO3. The molecule has 0 bridgehead atoms. The summed E-state index contributed by atoms with van der Waals surface area (Å²) in [7, 11) is 0. The summed E-state index contributed by atoms with van der Waals surface area (Å²) in [5, 5.41) is 9.11. The van der Waals surface area contributed by atoms with E-state index in [0.29, 0.717) is 11.3 Å². The van der Waals surface area contributed by atoms with Crippen molar-refractivity contribution in [3.05, 3.63) is 22.8 Å². The van der Waals surface area contributed by atoms with Gasteiger partial charge in [0.2, 0.25) is 5.88 Å². The molecule has 1 saturated carbocycles. The summed E-state index contributed by atoms with van der Waals surface area (Å²) in [6, 6.07) is 2.74. The molecule has 1 aliphatic rings. The van der Waals surface area contributed by atoms with Crippen molar-refractivity contribution >= 4 is 17.6 Å². The van der Waals surface area contributed by atoms with Gasteiger partial charge in [-0.25, -0.2) is 9.78 Å². The first kappa shape index (κ1) is 14.1. The topological polar surface area (TPSA) is 59.4 Å². The predicted molar refractivity (Wildman–Crippen MR) is 72.9 cm³/mol. The second-order valence-electron chi connectivity index (χ2n) is 5.80. The van der Waals surface area contributed by atoms with Gasteiger partial charge >= 0.3 is 5.97 Å². The number of ether oxygens (including phenoxy) is 1. The Labute approximate surface area is 117 Å². The van der Waals surface area contributed by atoms with Crippen molar-refractivity contribution in [3.63, 3.8) is 0 Å². The van der Waals surface area contributed by atoms with Crippen LogP contribution in [0.5, 0.6) is 5.88 Å². The van der Waals surface area contributed by atoms with Crippen LogP contribution >= 0.6 is 11.6 Å². The number of pyridine rings is 1. The van der Waals surface area contributed by atoms with Crippen molar-refractivity contribution in [2.24, 2.45) is 5.41 Å². The van der Waals surface area contributed by atoms with E-state index in [-0.39, 0.29) is 16.8 Å². The van der Waals surface area contributed by atoms with Gasteiger partial charge in [-0.05, 0) is 37.2 Å². The van der Waals surface area contributed by atoms with Crippen LogP contribution in [-0.2, 0) is 0 Å². The Hall–Kier alpha value is -1.29. The number of nitrogens with zero attached hydrogens (tertiary/aromatic N) is 1. The molecule has 0 spiro atoms. The Bertz CT molecular complexity index is 478. The number of hydrogen-bond donors (Lipinski definition) is 1. The Balaban J connectivity index is 2.05. The number of carbonyl (C=O) groups is 1. The van der Waals surface area contributed by atoms with Crippen LogP contribution in [0.2, 0.25) is 5.15 Å². The van der Waals surface area contributed by atoms with Crippen molar-refractivity contribution in [2.75, 3.05) is 0 Å². The van der Waals surface area contributed by atoms with E-state index in [4.69, 9.17) is 21.4 Å². The molecule has 5 heteroatoms. The van der Waals surface area contributed by atoms with Crippen molar-refractivity contribution in [1.82, 2.24) is 4.98 Å². The lowest BCUT2D eigenvalue weighted by Gasteiger charge is -2.34. The lowest BCUT2D eigenvalue weighted by atomic mass is 9.76. The van der Waals surface area contributed by atoms with E-state index in [2.05, 4.69) is 18.8 Å². The summed E-state index contributed by atoms with van der Waals surface area (Å²) in [4.78, 5) is 15.0. The van der Waals surface area contributed by atoms with E-state index in [9.17, 15) is 4.79 Å². The average Bonchev–Trinajstić information content (AvgIpc) is 2.31. The summed E-state index contributed by atoms with van der Waals surface area (Å²) < 4.78 is 5.76. The van der Waals surface area contributed by atoms with Crippen LogP contribution in [0.1, 0.15) is 49.9 Å². The molecule has 0 saturated heterocycles. The molecule has 0 amide bonds. The van der Waals surface area contributed by atoms with E-state index in [1.54, 1.807) is 0 Å². The number of aromatic nitrogens is 1. The minimum absolute atomic E-state index is 0.0978. The van der Waals surface area contributed by atoms with E-state index in [1.165, 1.54) is 12.1 Å². The quantitative estimate of drug-likeness (QED) is 0.858. The fraction of sp³-hybridized carbons (Fsp3) is 0.571. The number of halogens is 1. The van der Waals surface area contributed by atoms with Gasteiger partial charge < -0.3 is 9.84 Å². The van der Waals surface area contributed by atoms with E-state index < -0.39 is 5.97 Å². The van der Waals surface area contributed by atoms with Crippen molar-refractivity contribution in [1.29, 1.82) is 0 Å². The zero-order valence-corrected chi connectivity index (χ0v) is 11.9. The highest BCUT2D eigenvalue weighted by atomic mass is 35.5. The first-order valence-electron chi connectivity index (χ1n) is 6.43. The SMILES string of the molecule is CC1(C)CCC(Oc2cc(C(=O)O)cc(Cl)n2)CC1. The maximum Gasteiger partial charge on any atom is 0.335 e. The first-order valence-corrected chi connectivity index (χ1v) is 6.81. The van der Waals surface area contributed by atoms with Gasteiger partial charge in [0.15, 0.2) is 0 Å². The molecule has 2 rings (SSSR count). The Kier molecular flexibility index (Phi) is 3.99. The third-order valence-corrected chi connectivity index (χ3v) is 3.78. The molecule has 4 nitrogen and oxygen atoms in total. The molecule has 1 fully saturated rings. The van der Waals surface area contributed by atoms with E-state index in [0.717, 1.165) is 25.7 Å². The van der Waals surface area contributed by atoms with Crippen LogP contribution < -0.4 is 4.74 Å². The third kappa shape index (κ3) is 3.83. The smallest absolute Gasteiger partial charge is 0.335 e. The molecule has 1 heterocycles. The van der Waals surface area contributed by atoms with Crippen molar-refractivity contribution < 1.29 is 14.6 Å². The third-order valence-electron chi connectivity index (χ3n) is 3.59. The first-order chi connectivity index (χ1) is 8.85. The Morgan fingerprint density at radius 1 is 1.42 bits per heavy atom. The van der Waals surface area contributed by atoms with Crippen LogP contribution in [0.15, 0.2) is 12.1 Å². The molecule has 19 heavy (non-hydrogen) atoms. The van der Waals surface area contributed by atoms with Gasteiger partial charge in [-0.2, -0.15) is 0 Å². The predicted octanol–water partition coefficient (Wildman–Crippen LogP) is 3.78. The van der Waals surface area contributed by atoms with Gasteiger partial charge in [0, 0.05) is 6.07 Å². The van der Waals surface area contributed by atoms with Crippen LogP contribution in [0, 0.1) is 5.41 Å². The van der Waals surface area contributed by atoms with Gasteiger partial charge in [0.05, 0.1) is 5.56 Å². The molecule has 0 radical (unpaired) electrons. The Morgan fingerprint density at radius 2 is 2.05 bits per heavy atom. The summed E-state index contributed by atoms with van der Waals surface area (Å²) in [5.41, 5.74) is 0.472. The molecule has 1 aromatic heterocycles. The van der Waals surface area contributed by atoms with Gasteiger partial charge in [-0.3, -0.25) is 0 Å². The zero-order chi connectivity index (χ0) is 14.0. The maximum atomic E-state index is 10.9. The monoisotopic (exact) mass is 283 g/mol. The molecule has 0 unspecified atom stereocenters. The largest absolute Gasteiger partial charge is 0.478 e. The zero-order valence-electron chi connectivity index (χ0n) is 11.1. The average molecular weight is 284 g/mol. The maximum absolute atomic E-state index is 10.9. The van der Waals surface area contributed by atoms with Crippen molar-refractivity contribution in [3.8, 4) is 5.88 Å². The fourth-order valence-electron chi connectivity index (χ4n) is 2.32. The minimum Gasteiger partial charge on any atom is -0.478 e. The number of carboxylic acid groups (broad SMARTS) is 1. The van der Waals surface area contributed by atoms with Crippen LogP contribution in [0.3, 0.4) is 0 Å². The van der Waals surface area contributed by atoms with Gasteiger partial charge in [0.25, 0.3) is 0 Å².